The molecule has 0 aliphatic rings. The van der Waals surface area contributed by atoms with Crippen molar-refractivity contribution in [2.75, 3.05) is 44.9 Å². The highest BCUT2D eigenvalue weighted by Crippen LogP contribution is 2.26. The van der Waals surface area contributed by atoms with Crippen molar-refractivity contribution in [1.29, 1.82) is 0 Å². The van der Waals surface area contributed by atoms with E-state index in [-0.39, 0.29) is 6.61 Å². The fourth-order valence-electron chi connectivity index (χ4n) is 2.29. The van der Waals surface area contributed by atoms with Gasteiger partial charge in [-0.3, -0.25) is 0 Å². The lowest BCUT2D eigenvalue weighted by molar-refractivity contribution is 0.203. The van der Waals surface area contributed by atoms with Crippen LogP contribution in [0.4, 0.5) is 5.69 Å². The van der Waals surface area contributed by atoms with Gasteiger partial charge in [0.2, 0.25) is 0 Å². The van der Waals surface area contributed by atoms with Crippen LogP contribution < -0.4 is 10.2 Å². The minimum absolute atomic E-state index is 0.148. The van der Waals surface area contributed by atoms with E-state index in [9.17, 15) is 5.11 Å². The summed E-state index contributed by atoms with van der Waals surface area (Å²) in [5, 5.41) is 12.8. The summed E-state index contributed by atoms with van der Waals surface area (Å²) in [6, 6.07) is 8.68. The van der Waals surface area contributed by atoms with Gasteiger partial charge in [0.05, 0.1) is 13.2 Å². The van der Waals surface area contributed by atoms with Crippen molar-refractivity contribution in [2.45, 2.75) is 26.3 Å². The normalized spacial score (nSPS) is 12.4. The van der Waals surface area contributed by atoms with E-state index in [4.69, 9.17) is 4.74 Å². The summed E-state index contributed by atoms with van der Waals surface area (Å²) in [4.78, 5) is 2.18. The van der Waals surface area contributed by atoms with Gasteiger partial charge < -0.3 is 20.1 Å². The van der Waals surface area contributed by atoms with E-state index in [0.29, 0.717) is 19.2 Å². The van der Waals surface area contributed by atoms with Gasteiger partial charge in [-0.25, -0.2) is 0 Å². The number of methoxy groups -OCH3 is 1. The second kappa shape index (κ2) is 9.75. The van der Waals surface area contributed by atoms with Crippen molar-refractivity contribution in [1.82, 2.24) is 5.32 Å². The van der Waals surface area contributed by atoms with Gasteiger partial charge in [0.1, 0.15) is 0 Å². The summed E-state index contributed by atoms with van der Waals surface area (Å²) in [7, 11) is 1.70. The molecular weight excluding hydrogens is 252 g/mol. The molecule has 0 saturated carbocycles. The second-order valence-corrected chi connectivity index (χ2v) is 4.94. The molecular formula is C16H28N2O2. The number of aliphatic hydroxyl groups excluding tert-OH is 1. The highest BCUT2D eigenvalue weighted by atomic mass is 16.5. The van der Waals surface area contributed by atoms with Gasteiger partial charge in [0.15, 0.2) is 0 Å². The van der Waals surface area contributed by atoms with E-state index >= 15 is 0 Å². The first-order chi connectivity index (χ1) is 9.74. The van der Waals surface area contributed by atoms with E-state index in [1.165, 1.54) is 11.3 Å². The van der Waals surface area contributed by atoms with Crippen LogP contribution in [-0.4, -0.2) is 45.1 Å². The number of hydrogen-bond donors (Lipinski definition) is 2. The fraction of sp³-hybridized carbons (Fsp3) is 0.625. The molecule has 0 spiro atoms. The largest absolute Gasteiger partial charge is 0.395 e. The first kappa shape index (κ1) is 17.0. The molecule has 0 aliphatic heterocycles. The smallest absolute Gasteiger partial charge is 0.0637 e. The molecule has 1 aromatic carbocycles. The van der Waals surface area contributed by atoms with Crippen LogP contribution in [0.1, 0.15) is 31.9 Å². The van der Waals surface area contributed by atoms with Crippen LogP contribution in [0.25, 0.3) is 0 Å². The molecule has 0 amide bonds. The third-order valence-corrected chi connectivity index (χ3v) is 3.38. The molecule has 114 valence electrons. The van der Waals surface area contributed by atoms with Gasteiger partial charge in [-0.05, 0) is 31.5 Å². The van der Waals surface area contributed by atoms with Crippen molar-refractivity contribution >= 4 is 5.69 Å². The topological polar surface area (TPSA) is 44.7 Å². The van der Waals surface area contributed by atoms with Crippen LogP contribution >= 0.6 is 0 Å². The van der Waals surface area contributed by atoms with Crippen molar-refractivity contribution in [3.8, 4) is 0 Å². The molecule has 0 aliphatic carbocycles. The molecule has 0 aromatic heterocycles. The number of rotatable bonds is 10. The maximum absolute atomic E-state index is 9.27. The van der Waals surface area contributed by atoms with Gasteiger partial charge >= 0.3 is 0 Å². The second-order valence-electron chi connectivity index (χ2n) is 4.94. The summed E-state index contributed by atoms with van der Waals surface area (Å²) < 4.78 is 5.17. The third kappa shape index (κ3) is 5.12. The minimum Gasteiger partial charge on any atom is -0.395 e. The van der Waals surface area contributed by atoms with Gasteiger partial charge in [-0.15, -0.1) is 0 Å². The summed E-state index contributed by atoms with van der Waals surface area (Å²) in [5.74, 6) is 0. The quantitative estimate of drug-likeness (QED) is 0.689. The van der Waals surface area contributed by atoms with Crippen molar-refractivity contribution < 1.29 is 9.84 Å². The standard InChI is InChI=1S/C16H28N2O2/c1-4-9-17-14(2)15-7-5-6-8-16(15)18(10-12-19)11-13-20-3/h5-8,14,17,19H,4,9-13H2,1-3H3. The number of aliphatic hydroxyl groups is 1. The van der Waals surface area contributed by atoms with Gasteiger partial charge in [-0.2, -0.15) is 0 Å². The Labute approximate surface area is 122 Å². The lowest BCUT2D eigenvalue weighted by atomic mass is 10.0. The van der Waals surface area contributed by atoms with Crippen LogP contribution in [0.5, 0.6) is 0 Å². The zero-order chi connectivity index (χ0) is 14.8. The van der Waals surface area contributed by atoms with Crippen molar-refractivity contribution in [2.24, 2.45) is 0 Å². The van der Waals surface area contributed by atoms with Crippen LogP contribution in [0.3, 0.4) is 0 Å². The Hall–Kier alpha value is -1.10. The lowest BCUT2D eigenvalue weighted by Gasteiger charge is -2.28. The molecule has 1 atom stereocenters. The molecule has 1 rings (SSSR count). The zero-order valence-electron chi connectivity index (χ0n) is 12.9. The third-order valence-electron chi connectivity index (χ3n) is 3.38. The predicted molar refractivity (Wildman–Crippen MR) is 84.3 cm³/mol. The Kier molecular flexibility index (Phi) is 8.26. The lowest BCUT2D eigenvalue weighted by Crippen LogP contribution is -2.32. The molecule has 20 heavy (non-hydrogen) atoms. The summed E-state index contributed by atoms with van der Waals surface area (Å²) in [5.41, 5.74) is 2.44. The van der Waals surface area contributed by atoms with Crippen LogP contribution in [-0.2, 0) is 4.74 Å². The Bertz CT molecular complexity index is 371. The highest BCUT2D eigenvalue weighted by Gasteiger charge is 2.14. The predicted octanol–water partition coefficient (Wildman–Crippen LogP) is 2.19. The van der Waals surface area contributed by atoms with E-state index in [1.807, 2.05) is 6.07 Å². The highest BCUT2D eigenvalue weighted by molar-refractivity contribution is 5.55. The fourth-order valence-corrected chi connectivity index (χ4v) is 2.29. The summed E-state index contributed by atoms with van der Waals surface area (Å²) in [6.07, 6.45) is 1.12. The first-order valence-corrected chi connectivity index (χ1v) is 7.41. The number of para-hydroxylation sites is 1. The van der Waals surface area contributed by atoms with E-state index < -0.39 is 0 Å². The molecule has 4 heteroatoms. The molecule has 0 heterocycles. The maximum atomic E-state index is 9.27. The number of ether oxygens (including phenoxy) is 1. The van der Waals surface area contributed by atoms with Crippen LogP contribution in [0.15, 0.2) is 24.3 Å². The van der Waals surface area contributed by atoms with Crippen LogP contribution in [0, 0.1) is 0 Å². The van der Waals surface area contributed by atoms with Gasteiger partial charge in [-0.1, -0.05) is 25.1 Å². The Morgan fingerprint density at radius 3 is 2.70 bits per heavy atom. The molecule has 0 fully saturated rings. The molecule has 0 radical (unpaired) electrons. The number of benzene rings is 1. The molecule has 4 nitrogen and oxygen atoms in total. The van der Waals surface area contributed by atoms with E-state index in [0.717, 1.165) is 19.5 Å². The summed E-state index contributed by atoms with van der Waals surface area (Å²) >= 11 is 0. The van der Waals surface area contributed by atoms with Gasteiger partial charge in [0, 0.05) is 31.9 Å². The zero-order valence-corrected chi connectivity index (χ0v) is 12.9. The number of hydrogen-bond acceptors (Lipinski definition) is 4. The number of nitrogens with one attached hydrogen (secondary N) is 1. The SMILES string of the molecule is CCCNC(C)c1ccccc1N(CCO)CCOC. The average Bonchev–Trinajstić information content (AvgIpc) is 2.49. The van der Waals surface area contributed by atoms with E-state index in [1.54, 1.807) is 7.11 Å². The monoisotopic (exact) mass is 280 g/mol. The molecule has 0 saturated heterocycles. The molecule has 1 unspecified atom stereocenters. The van der Waals surface area contributed by atoms with Crippen molar-refractivity contribution in [3.05, 3.63) is 29.8 Å². The number of nitrogens with zero attached hydrogens (tertiary/aromatic N) is 1. The van der Waals surface area contributed by atoms with Crippen LogP contribution in [0.2, 0.25) is 0 Å². The Balaban J connectivity index is 2.89. The van der Waals surface area contributed by atoms with Crippen molar-refractivity contribution in [3.63, 3.8) is 0 Å². The van der Waals surface area contributed by atoms with E-state index in [2.05, 4.69) is 42.3 Å². The summed E-state index contributed by atoms with van der Waals surface area (Å²) in [6.45, 7) is 7.58. The molecule has 0 bridgehead atoms. The Morgan fingerprint density at radius 2 is 2.05 bits per heavy atom. The first-order valence-electron chi connectivity index (χ1n) is 7.41. The Morgan fingerprint density at radius 1 is 1.30 bits per heavy atom. The minimum atomic E-state index is 0.148. The number of anilines is 1. The average molecular weight is 280 g/mol. The maximum Gasteiger partial charge on any atom is 0.0637 e. The van der Waals surface area contributed by atoms with Gasteiger partial charge in [0.25, 0.3) is 0 Å². The molecule has 2 N–H and O–H groups in total. The molecule has 1 aromatic rings.